The second kappa shape index (κ2) is 6.76. The van der Waals surface area contributed by atoms with Crippen LogP contribution in [0.1, 0.15) is 41.9 Å². The fourth-order valence-electron chi connectivity index (χ4n) is 3.55. The van der Waals surface area contributed by atoms with E-state index in [4.69, 9.17) is 10.3 Å². The average Bonchev–Trinajstić information content (AvgIpc) is 2.92. The molecule has 2 fully saturated rings. The monoisotopic (exact) mass is 344 g/mol. The molecule has 8 nitrogen and oxygen atoms in total. The fraction of sp³-hybridized carbons (Fsp3) is 0.643. The third-order valence-electron chi connectivity index (χ3n) is 4.83. The molecular formula is C14H21ClN4O4. The van der Waals surface area contributed by atoms with Crippen LogP contribution in [0.25, 0.3) is 0 Å². The van der Waals surface area contributed by atoms with Crippen molar-refractivity contribution in [1.82, 2.24) is 15.4 Å². The Morgan fingerprint density at radius 1 is 1.43 bits per heavy atom. The van der Waals surface area contributed by atoms with Crippen LogP contribution in [0.2, 0.25) is 0 Å². The summed E-state index contributed by atoms with van der Waals surface area (Å²) in [6.45, 7) is 2.10. The summed E-state index contributed by atoms with van der Waals surface area (Å²) in [5, 5.41) is 16.3. The zero-order valence-electron chi connectivity index (χ0n) is 12.7. The third kappa shape index (κ3) is 3.59. The van der Waals surface area contributed by atoms with Gasteiger partial charge in [-0.05, 0) is 44.2 Å². The summed E-state index contributed by atoms with van der Waals surface area (Å²) in [5.41, 5.74) is 5.42. The molecule has 128 valence electrons. The van der Waals surface area contributed by atoms with E-state index in [1.165, 1.54) is 11.0 Å². The van der Waals surface area contributed by atoms with Crippen LogP contribution in [-0.4, -0.2) is 46.3 Å². The number of hydrogen-bond donors (Lipinski definition) is 3. The van der Waals surface area contributed by atoms with Crippen LogP contribution < -0.4 is 11.1 Å². The topological polar surface area (TPSA) is 122 Å². The molecule has 23 heavy (non-hydrogen) atoms. The van der Waals surface area contributed by atoms with Gasteiger partial charge in [-0.3, -0.25) is 9.69 Å². The Balaban J connectivity index is 0.00000192. The third-order valence-corrected chi connectivity index (χ3v) is 4.83. The highest BCUT2D eigenvalue weighted by molar-refractivity contribution is 5.90. The minimum atomic E-state index is -0.981. The van der Waals surface area contributed by atoms with Crippen molar-refractivity contribution in [3.05, 3.63) is 17.5 Å². The van der Waals surface area contributed by atoms with E-state index < -0.39 is 12.0 Å². The van der Waals surface area contributed by atoms with Gasteiger partial charge < -0.3 is 20.7 Å². The quantitative estimate of drug-likeness (QED) is 0.754. The normalized spacial score (nSPS) is 19.7. The Hall–Kier alpha value is -1.80. The predicted octanol–water partition coefficient (Wildman–Crippen LogP) is 1.21. The summed E-state index contributed by atoms with van der Waals surface area (Å²) in [7, 11) is 0. The summed E-state index contributed by atoms with van der Waals surface area (Å²) < 4.78 is 5.00. The number of primary amides is 1. The first-order chi connectivity index (χ1) is 10.5. The van der Waals surface area contributed by atoms with Crippen molar-refractivity contribution in [2.45, 2.75) is 38.3 Å². The molecule has 2 aliphatic rings. The van der Waals surface area contributed by atoms with E-state index in [9.17, 15) is 14.7 Å². The van der Waals surface area contributed by atoms with Crippen LogP contribution in [0, 0.1) is 5.41 Å². The Kier molecular flexibility index (Phi) is 5.16. The average molecular weight is 345 g/mol. The highest BCUT2D eigenvalue weighted by Crippen LogP contribution is 2.50. The number of carboxylic acid groups (broad SMARTS) is 1. The smallest absolute Gasteiger partial charge is 0.407 e. The number of rotatable bonds is 4. The van der Waals surface area contributed by atoms with E-state index in [1.54, 1.807) is 0 Å². The molecule has 9 heteroatoms. The lowest BCUT2D eigenvalue weighted by Crippen LogP contribution is -2.55. The van der Waals surface area contributed by atoms with Gasteiger partial charge in [-0.25, -0.2) is 4.79 Å². The summed E-state index contributed by atoms with van der Waals surface area (Å²) in [5.74, 6) is -0.350. The van der Waals surface area contributed by atoms with Gasteiger partial charge in [0.15, 0.2) is 11.5 Å². The zero-order valence-corrected chi connectivity index (χ0v) is 13.5. The number of nitrogens with two attached hydrogens (primary N) is 1. The van der Waals surface area contributed by atoms with Gasteiger partial charge in [0, 0.05) is 12.1 Å². The van der Waals surface area contributed by atoms with E-state index in [2.05, 4.69) is 10.5 Å². The molecular weight excluding hydrogens is 324 g/mol. The molecule has 0 atom stereocenters. The van der Waals surface area contributed by atoms with E-state index in [0.717, 1.165) is 38.8 Å². The number of carbonyl (C=O) groups is 2. The molecule has 0 bridgehead atoms. The largest absolute Gasteiger partial charge is 0.465 e. The molecule has 3 rings (SSSR count). The molecule has 1 saturated carbocycles. The first kappa shape index (κ1) is 17.6. The van der Waals surface area contributed by atoms with Gasteiger partial charge in [0.1, 0.15) is 0 Å². The number of carbonyl (C=O) groups excluding carboxylic acids is 1. The van der Waals surface area contributed by atoms with E-state index in [-0.39, 0.29) is 30.7 Å². The van der Waals surface area contributed by atoms with Gasteiger partial charge in [0.2, 0.25) is 0 Å². The Morgan fingerprint density at radius 3 is 2.61 bits per heavy atom. The van der Waals surface area contributed by atoms with E-state index >= 15 is 0 Å². The van der Waals surface area contributed by atoms with Crippen LogP contribution in [0.4, 0.5) is 4.79 Å². The van der Waals surface area contributed by atoms with E-state index in [1.807, 2.05) is 0 Å². The molecule has 2 amide bonds. The van der Waals surface area contributed by atoms with Crippen molar-refractivity contribution >= 4 is 24.4 Å². The SMILES string of the molecule is Cl.NC(=O)c1cc(CN(C(=O)O)C2CC3(CCNCC3)C2)on1. The van der Waals surface area contributed by atoms with Crippen LogP contribution in [0.5, 0.6) is 0 Å². The summed E-state index contributed by atoms with van der Waals surface area (Å²) >= 11 is 0. The molecule has 1 aromatic rings. The molecule has 1 saturated heterocycles. The van der Waals surface area contributed by atoms with Gasteiger partial charge in [0.05, 0.1) is 6.54 Å². The maximum Gasteiger partial charge on any atom is 0.407 e. The lowest BCUT2D eigenvalue weighted by atomic mass is 9.60. The van der Waals surface area contributed by atoms with Crippen molar-refractivity contribution in [3.8, 4) is 0 Å². The van der Waals surface area contributed by atoms with Crippen LogP contribution >= 0.6 is 12.4 Å². The first-order valence-electron chi connectivity index (χ1n) is 7.45. The Labute approximate surface area is 139 Å². The maximum absolute atomic E-state index is 11.5. The van der Waals surface area contributed by atoms with Crippen molar-refractivity contribution in [3.63, 3.8) is 0 Å². The molecule has 1 aliphatic heterocycles. The van der Waals surface area contributed by atoms with Crippen LogP contribution in [0.3, 0.4) is 0 Å². The molecule has 1 aromatic heterocycles. The molecule has 0 radical (unpaired) electrons. The predicted molar refractivity (Wildman–Crippen MR) is 83.4 cm³/mol. The molecule has 0 aromatic carbocycles. The van der Waals surface area contributed by atoms with Gasteiger partial charge >= 0.3 is 6.09 Å². The number of halogens is 1. The second-order valence-corrected chi connectivity index (χ2v) is 6.27. The number of nitrogens with zero attached hydrogens (tertiary/aromatic N) is 2. The zero-order chi connectivity index (χ0) is 15.7. The van der Waals surface area contributed by atoms with Crippen molar-refractivity contribution in [2.75, 3.05) is 13.1 Å². The summed E-state index contributed by atoms with van der Waals surface area (Å²) in [4.78, 5) is 23.9. The number of hydrogen-bond acceptors (Lipinski definition) is 5. The molecule has 1 aliphatic carbocycles. The van der Waals surface area contributed by atoms with Gasteiger partial charge in [-0.1, -0.05) is 5.16 Å². The Morgan fingerprint density at radius 2 is 2.09 bits per heavy atom. The minimum absolute atomic E-state index is 0. The highest BCUT2D eigenvalue weighted by atomic mass is 35.5. The fourth-order valence-corrected chi connectivity index (χ4v) is 3.55. The number of amides is 2. The highest BCUT2D eigenvalue weighted by Gasteiger charge is 2.48. The molecule has 2 heterocycles. The number of aromatic nitrogens is 1. The summed E-state index contributed by atoms with van der Waals surface area (Å²) in [6.07, 6.45) is 3.00. The van der Waals surface area contributed by atoms with Crippen molar-refractivity contribution in [1.29, 1.82) is 0 Å². The molecule has 1 spiro atoms. The molecule has 0 unspecified atom stereocenters. The van der Waals surface area contributed by atoms with Crippen LogP contribution in [0.15, 0.2) is 10.6 Å². The Bertz CT molecular complexity index is 577. The summed E-state index contributed by atoms with van der Waals surface area (Å²) in [6, 6.07) is 1.40. The second-order valence-electron chi connectivity index (χ2n) is 6.27. The van der Waals surface area contributed by atoms with Gasteiger partial charge in [-0.15, -0.1) is 12.4 Å². The maximum atomic E-state index is 11.5. The lowest BCUT2D eigenvalue weighted by Gasteiger charge is -2.53. The van der Waals surface area contributed by atoms with Gasteiger partial charge in [-0.2, -0.15) is 0 Å². The first-order valence-corrected chi connectivity index (χ1v) is 7.45. The lowest BCUT2D eigenvalue weighted by molar-refractivity contribution is -0.0185. The molecule has 4 N–H and O–H groups in total. The number of piperidine rings is 1. The van der Waals surface area contributed by atoms with Crippen molar-refractivity contribution < 1.29 is 19.2 Å². The van der Waals surface area contributed by atoms with Gasteiger partial charge in [0.25, 0.3) is 5.91 Å². The van der Waals surface area contributed by atoms with Crippen molar-refractivity contribution in [2.24, 2.45) is 11.1 Å². The number of nitrogens with one attached hydrogen (secondary N) is 1. The minimum Gasteiger partial charge on any atom is -0.465 e. The van der Waals surface area contributed by atoms with E-state index in [0.29, 0.717) is 11.2 Å². The standard InChI is InChI=1S/C14H20N4O4.ClH/c15-12(19)11-5-10(22-17-11)8-18(13(20)21)9-6-14(7-9)1-3-16-4-2-14;/h5,9,16H,1-4,6-8H2,(H2,15,19)(H,20,21);1H. The van der Waals surface area contributed by atoms with Crippen LogP contribution in [-0.2, 0) is 6.54 Å².